The molecule has 1 unspecified atom stereocenters. The van der Waals surface area contributed by atoms with E-state index in [0.29, 0.717) is 5.54 Å². The molecule has 1 saturated heterocycles. The largest absolute Gasteiger partial charge is 0.311 e. The molecule has 1 fully saturated rings. The fourth-order valence-electron chi connectivity index (χ4n) is 2.39. The summed E-state index contributed by atoms with van der Waals surface area (Å²) in [7, 11) is 0. The Morgan fingerprint density at radius 2 is 2.29 bits per heavy atom. The lowest BCUT2D eigenvalue weighted by molar-refractivity contribution is 0.412. The van der Waals surface area contributed by atoms with Crippen LogP contribution in [0.4, 0.5) is 0 Å². The molecule has 2 heterocycles. The van der Waals surface area contributed by atoms with Gasteiger partial charge in [-0.05, 0) is 58.2 Å². The summed E-state index contributed by atoms with van der Waals surface area (Å²) in [4.78, 5) is 2.94. The van der Waals surface area contributed by atoms with Crippen molar-refractivity contribution in [3.8, 4) is 0 Å². The van der Waals surface area contributed by atoms with E-state index >= 15 is 0 Å². The van der Waals surface area contributed by atoms with E-state index in [2.05, 4.69) is 32.2 Å². The molecule has 1 aromatic heterocycles. The Labute approximate surface area is 90.5 Å². The highest BCUT2D eigenvalue weighted by Gasteiger charge is 2.28. The average molecular weight is 209 g/mol. The van der Waals surface area contributed by atoms with Crippen molar-refractivity contribution in [3.05, 3.63) is 21.4 Å². The number of aryl methyl sites for hydroxylation is 2. The van der Waals surface area contributed by atoms with Crippen molar-refractivity contribution in [1.82, 2.24) is 5.32 Å². The Morgan fingerprint density at radius 1 is 1.50 bits per heavy atom. The zero-order valence-corrected chi connectivity index (χ0v) is 10.1. The van der Waals surface area contributed by atoms with Gasteiger partial charge in [-0.25, -0.2) is 0 Å². The van der Waals surface area contributed by atoms with Gasteiger partial charge < -0.3 is 5.32 Å². The first-order valence-corrected chi connectivity index (χ1v) is 6.22. The summed E-state index contributed by atoms with van der Waals surface area (Å²) in [6, 6.07) is 2.35. The van der Waals surface area contributed by atoms with Crippen LogP contribution in [0.5, 0.6) is 0 Å². The van der Waals surface area contributed by atoms with Crippen molar-refractivity contribution in [3.63, 3.8) is 0 Å². The van der Waals surface area contributed by atoms with Crippen LogP contribution in [0, 0.1) is 13.8 Å². The van der Waals surface area contributed by atoms with E-state index in [1.165, 1.54) is 35.6 Å². The highest BCUT2D eigenvalue weighted by molar-refractivity contribution is 7.12. The fourth-order valence-corrected chi connectivity index (χ4v) is 3.33. The Bertz CT molecular complexity index is 321. The van der Waals surface area contributed by atoms with Crippen LogP contribution in [0.3, 0.4) is 0 Å². The van der Waals surface area contributed by atoms with Crippen molar-refractivity contribution < 1.29 is 0 Å². The lowest BCUT2D eigenvalue weighted by Crippen LogP contribution is -2.38. The molecule has 0 aromatic carbocycles. The topological polar surface area (TPSA) is 12.0 Å². The molecule has 1 N–H and O–H groups in total. The summed E-state index contributed by atoms with van der Waals surface area (Å²) >= 11 is 1.92. The van der Waals surface area contributed by atoms with Crippen molar-refractivity contribution in [2.24, 2.45) is 0 Å². The maximum Gasteiger partial charge on any atom is 0.0194 e. The second-order valence-corrected chi connectivity index (χ2v) is 6.17. The molecule has 1 nitrogen and oxygen atoms in total. The predicted octanol–water partition coefficient (Wildman–Crippen LogP) is 3.05. The smallest absolute Gasteiger partial charge is 0.0194 e. The van der Waals surface area contributed by atoms with Gasteiger partial charge in [-0.1, -0.05) is 0 Å². The third-order valence-corrected chi connectivity index (χ3v) is 4.19. The first-order chi connectivity index (χ1) is 6.59. The van der Waals surface area contributed by atoms with Crippen LogP contribution in [0.25, 0.3) is 0 Å². The third-order valence-electron chi connectivity index (χ3n) is 3.18. The Kier molecular flexibility index (Phi) is 2.67. The lowest BCUT2D eigenvalue weighted by atomic mass is 9.92. The van der Waals surface area contributed by atoms with Crippen LogP contribution >= 0.6 is 11.3 Å². The van der Waals surface area contributed by atoms with Crippen molar-refractivity contribution >= 4 is 11.3 Å². The number of rotatable bonds is 2. The zero-order valence-electron chi connectivity index (χ0n) is 9.31. The first-order valence-electron chi connectivity index (χ1n) is 5.40. The molecule has 2 rings (SSSR count). The number of nitrogens with one attached hydrogen (secondary N) is 1. The van der Waals surface area contributed by atoms with E-state index in [0.717, 1.165) is 0 Å². The van der Waals surface area contributed by atoms with E-state index in [9.17, 15) is 0 Å². The van der Waals surface area contributed by atoms with E-state index in [1.807, 2.05) is 11.3 Å². The molecule has 78 valence electrons. The molecule has 1 atom stereocenters. The summed E-state index contributed by atoms with van der Waals surface area (Å²) in [6.45, 7) is 7.99. The van der Waals surface area contributed by atoms with Crippen molar-refractivity contribution in [2.75, 3.05) is 6.54 Å². The van der Waals surface area contributed by atoms with Gasteiger partial charge in [0.2, 0.25) is 0 Å². The molecule has 0 amide bonds. The molecular weight excluding hydrogens is 190 g/mol. The van der Waals surface area contributed by atoms with Crippen LogP contribution in [-0.2, 0) is 6.42 Å². The Hall–Kier alpha value is -0.340. The molecule has 0 saturated carbocycles. The van der Waals surface area contributed by atoms with Crippen LogP contribution in [0.2, 0.25) is 0 Å². The van der Waals surface area contributed by atoms with E-state index in [1.54, 1.807) is 5.56 Å². The van der Waals surface area contributed by atoms with Crippen LogP contribution in [0.1, 0.15) is 35.1 Å². The van der Waals surface area contributed by atoms with Gasteiger partial charge in [0.15, 0.2) is 0 Å². The highest BCUT2D eigenvalue weighted by Crippen LogP contribution is 2.28. The lowest BCUT2D eigenvalue weighted by Gasteiger charge is -2.24. The molecule has 0 spiro atoms. The maximum atomic E-state index is 3.62. The van der Waals surface area contributed by atoms with Gasteiger partial charge >= 0.3 is 0 Å². The number of hydrogen-bond acceptors (Lipinski definition) is 2. The van der Waals surface area contributed by atoms with E-state index in [-0.39, 0.29) is 0 Å². The molecule has 1 aliphatic rings. The Balaban J connectivity index is 2.13. The molecule has 2 heteroatoms. The van der Waals surface area contributed by atoms with Gasteiger partial charge in [-0.15, -0.1) is 11.3 Å². The minimum Gasteiger partial charge on any atom is -0.311 e. The van der Waals surface area contributed by atoms with Gasteiger partial charge in [-0.2, -0.15) is 0 Å². The summed E-state index contributed by atoms with van der Waals surface area (Å²) < 4.78 is 0. The van der Waals surface area contributed by atoms with E-state index < -0.39 is 0 Å². The molecule has 14 heavy (non-hydrogen) atoms. The summed E-state index contributed by atoms with van der Waals surface area (Å²) in [5.74, 6) is 0. The van der Waals surface area contributed by atoms with Gasteiger partial charge in [0.05, 0.1) is 0 Å². The minimum absolute atomic E-state index is 0.359. The second-order valence-electron chi connectivity index (χ2n) is 4.71. The van der Waals surface area contributed by atoms with Gasteiger partial charge in [0, 0.05) is 15.3 Å². The quantitative estimate of drug-likeness (QED) is 0.789. The summed E-state index contributed by atoms with van der Waals surface area (Å²) in [6.07, 6.45) is 3.85. The number of thiophene rings is 1. The Morgan fingerprint density at radius 3 is 2.79 bits per heavy atom. The highest BCUT2D eigenvalue weighted by atomic mass is 32.1. The number of hydrogen-bond donors (Lipinski definition) is 1. The van der Waals surface area contributed by atoms with Gasteiger partial charge in [0.25, 0.3) is 0 Å². The van der Waals surface area contributed by atoms with Gasteiger partial charge in [-0.3, -0.25) is 0 Å². The zero-order chi connectivity index (χ0) is 10.2. The standard InChI is InChI=1S/C12H19NS/c1-9-7-11(10(2)14-9)8-12(3)5-4-6-13-12/h7,13H,4-6,8H2,1-3H3. The van der Waals surface area contributed by atoms with Crippen LogP contribution in [-0.4, -0.2) is 12.1 Å². The van der Waals surface area contributed by atoms with E-state index in [4.69, 9.17) is 0 Å². The molecule has 0 radical (unpaired) electrons. The normalized spacial score (nSPS) is 27.1. The molecule has 0 aliphatic carbocycles. The summed E-state index contributed by atoms with van der Waals surface area (Å²) in [5, 5.41) is 3.62. The second kappa shape index (κ2) is 3.67. The molecule has 1 aromatic rings. The first kappa shape index (κ1) is 10.2. The SMILES string of the molecule is Cc1cc(CC2(C)CCCN2)c(C)s1. The van der Waals surface area contributed by atoms with Crippen LogP contribution in [0.15, 0.2) is 6.07 Å². The summed E-state index contributed by atoms with van der Waals surface area (Å²) in [5.41, 5.74) is 1.91. The predicted molar refractivity (Wildman–Crippen MR) is 63.1 cm³/mol. The van der Waals surface area contributed by atoms with Crippen molar-refractivity contribution in [2.45, 2.75) is 45.6 Å². The van der Waals surface area contributed by atoms with Crippen molar-refractivity contribution in [1.29, 1.82) is 0 Å². The van der Waals surface area contributed by atoms with Gasteiger partial charge in [0.1, 0.15) is 0 Å². The third kappa shape index (κ3) is 2.01. The molecule has 1 aliphatic heterocycles. The molecular formula is C12H19NS. The van der Waals surface area contributed by atoms with Crippen LogP contribution < -0.4 is 5.32 Å². The minimum atomic E-state index is 0.359. The average Bonchev–Trinajstić information content (AvgIpc) is 2.61. The molecule has 0 bridgehead atoms. The monoisotopic (exact) mass is 209 g/mol. The maximum absolute atomic E-state index is 3.62. The fraction of sp³-hybridized carbons (Fsp3) is 0.667.